The van der Waals surface area contributed by atoms with Gasteiger partial charge >= 0.3 is 12.6 Å². The van der Waals surface area contributed by atoms with Gasteiger partial charge in [0.1, 0.15) is 0 Å². The predicted molar refractivity (Wildman–Crippen MR) is 95.7 cm³/mol. The van der Waals surface area contributed by atoms with E-state index in [1.165, 1.54) is 26.2 Å². The average Bonchev–Trinajstić information content (AvgIpc) is 3.15. The molecule has 0 saturated carbocycles. The van der Waals surface area contributed by atoms with Crippen molar-refractivity contribution in [3.63, 3.8) is 0 Å². The Bertz CT molecular complexity index is 919. The van der Waals surface area contributed by atoms with Crippen molar-refractivity contribution in [2.75, 3.05) is 19.2 Å². The van der Waals surface area contributed by atoms with Crippen molar-refractivity contribution in [3.8, 4) is 23.0 Å². The molecule has 2 aromatic rings. The molecule has 1 N–H and O–H groups in total. The number of anilines is 1. The molecule has 8 nitrogen and oxygen atoms in total. The highest BCUT2D eigenvalue weighted by Gasteiger charge is 2.22. The van der Waals surface area contributed by atoms with Crippen LogP contribution in [0, 0.1) is 0 Å². The summed E-state index contributed by atoms with van der Waals surface area (Å²) in [6, 6.07) is 8.41. The van der Waals surface area contributed by atoms with Gasteiger partial charge in [-0.25, -0.2) is 4.79 Å². The number of carbonyl (C=O) groups excluding carboxylic acids is 2. The van der Waals surface area contributed by atoms with Crippen LogP contribution < -0.4 is 24.3 Å². The molecule has 1 aliphatic heterocycles. The second-order valence-corrected chi connectivity index (χ2v) is 5.85. The molecule has 2 aromatic carbocycles. The highest BCUT2D eigenvalue weighted by atomic mass is 19.3. The standard InChI is InChI=1S/C19H17F2NO7/c1-10(17(23)22-12-4-6-13-16(8-12)27-9-26-13)28-18(24)11-3-5-14(29-19(20)21)15(7-11)25-2/h3-8,10,19H,9H2,1-2H3,(H,22,23)/t10-/m1/s1. The van der Waals surface area contributed by atoms with Gasteiger partial charge in [-0.1, -0.05) is 0 Å². The first kappa shape index (κ1) is 20.2. The Morgan fingerprint density at radius 3 is 2.55 bits per heavy atom. The lowest BCUT2D eigenvalue weighted by Crippen LogP contribution is -2.30. The van der Waals surface area contributed by atoms with Crippen LogP contribution in [0.2, 0.25) is 0 Å². The number of hydrogen-bond donors (Lipinski definition) is 1. The van der Waals surface area contributed by atoms with Gasteiger partial charge < -0.3 is 29.0 Å². The quantitative estimate of drug-likeness (QED) is 0.702. The van der Waals surface area contributed by atoms with Crippen molar-refractivity contribution in [1.29, 1.82) is 0 Å². The molecule has 154 valence electrons. The summed E-state index contributed by atoms with van der Waals surface area (Å²) in [5, 5.41) is 2.60. The lowest BCUT2D eigenvalue weighted by atomic mass is 10.2. The molecule has 0 fully saturated rings. The summed E-state index contributed by atoms with van der Waals surface area (Å²) in [5.74, 6) is -0.645. The lowest BCUT2D eigenvalue weighted by Gasteiger charge is -2.15. The fourth-order valence-corrected chi connectivity index (χ4v) is 2.49. The summed E-state index contributed by atoms with van der Waals surface area (Å²) < 4.78 is 49.5. The number of benzene rings is 2. The maximum atomic E-state index is 12.4. The Morgan fingerprint density at radius 1 is 1.07 bits per heavy atom. The fourth-order valence-electron chi connectivity index (χ4n) is 2.49. The number of methoxy groups -OCH3 is 1. The Morgan fingerprint density at radius 2 is 1.83 bits per heavy atom. The van der Waals surface area contributed by atoms with E-state index in [0.29, 0.717) is 17.2 Å². The zero-order valence-electron chi connectivity index (χ0n) is 15.4. The number of carbonyl (C=O) groups is 2. The summed E-state index contributed by atoms with van der Waals surface area (Å²) >= 11 is 0. The van der Waals surface area contributed by atoms with E-state index in [4.69, 9.17) is 18.9 Å². The van der Waals surface area contributed by atoms with Crippen LogP contribution in [0.3, 0.4) is 0 Å². The largest absolute Gasteiger partial charge is 0.493 e. The third-order valence-electron chi connectivity index (χ3n) is 3.91. The van der Waals surface area contributed by atoms with E-state index in [1.807, 2.05) is 0 Å². The van der Waals surface area contributed by atoms with Crippen molar-refractivity contribution in [3.05, 3.63) is 42.0 Å². The summed E-state index contributed by atoms with van der Waals surface area (Å²) in [6.45, 7) is -1.54. The average molecular weight is 409 g/mol. The van der Waals surface area contributed by atoms with Gasteiger partial charge in [0.25, 0.3) is 5.91 Å². The number of amides is 1. The lowest BCUT2D eigenvalue weighted by molar-refractivity contribution is -0.123. The molecule has 0 unspecified atom stereocenters. The summed E-state index contributed by atoms with van der Waals surface area (Å²) in [6.07, 6.45) is -1.13. The topological polar surface area (TPSA) is 92.3 Å². The van der Waals surface area contributed by atoms with Gasteiger partial charge in [0.15, 0.2) is 29.1 Å². The van der Waals surface area contributed by atoms with Crippen molar-refractivity contribution >= 4 is 17.6 Å². The van der Waals surface area contributed by atoms with Gasteiger partial charge in [-0.2, -0.15) is 8.78 Å². The van der Waals surface area contributed by atoms with E-state index in [9.17, 15) is 18.4 Å². The first-order valence-electron chi connectivity index (χ1n) is 8.41. The van der Waals surface area contributed by atoms with E-state index in [1.54, 1.807) is 18.2 Å². The van der Waals surface area contributed by atoms with Crippen LogP contribution in [-0.2, 0) is 9.53 Å². The Balaban J connectivity index is 1.63. The maximum Gasteiger partial charge on any atom is 0.387 e. The minimum atomic E-state index is -3.04. The van der Waals surface area contributed by atoms with E-state index < -0.39 is 24.6 Å². The third kappa shape index (κ3) is 4.84. The molecule has 0 aromatic heterocycles. The second kappa shape index (κ2) is 8.63. The predicted octanol–water partition coefficient (Wildman–Crippen LogP) is 3.21. The number of hydrogen-bond acceptors (Lipinski definition) is 7. The number of ether oxygens (including phenoxy) is 5. The van der Waals surface area contributed by atoms with Gasteiger partial charge in [-0.15, -0.1) is 0 Å². The van der Waals surface area contributed by atoms with E-state index in [-0.39, 0.29) is 23.9 Å². The SMILES string of the molecule is COc1cc(C(=O)O[C@H](C)C(=O)Nc2ccc3c(c2)OCO3)ccc1OC(F)F. The van der Waals surface area contributed by atoms with Crippen molar-refractivity contribution in [1.82, 2.24) is 0 Å². The van der Waals surface area contributed by atoms with Crippen LogP contribution in [0.25, 0.3) is 0 Å². The minimum absolute atomic E-state index is 0.00574. The highest BCUT2D eigenvalue weighted by Crippen LogP contribution is 2.34. The van der Waals surface area contributed by atoms with Crippen LogP contribution in [-0.4, -0.2) is 38.5 Å². The molecular weight excluding hydrogens is 392 g/mol. The van der Waals surface area contributed by atoms with Crippen LogP contribution in [0.1, 0.15) is 17.3 Å². The zero-order chi connectivity index (χ0) is 21.0. The van der Waals surface area contributed by atoms with Crippen LogP contribution in [0.15, 0.2) is 36.4 Å². The number of nitrogens with one attached hydrogen (secondary N) is 1. The van der Waals surface area contributed by atoms with Gasteiger partial charge in [0.05, 0.1) is 12.7 Å². The second-order valence-electron chi connectivity index (χ2n) is 5.85. The number of esters is 1. The first-order valence-corrected chi connectivity index (χ1v) is 8.41. The monoisotopic (exact) mass is 409 g/mol. The number of fused-ring (bicyclic) bond motifs is 1. The number of alkyl halides is 2. The van der Waals surface area contributed by atoms with E-state index in [2.05, 4.69) is 10.1 Å². The summed E-state index contributed by atoms with van der Waals surface area (Å²) in [5.41, 5.74) is 0.448. The Labute approximate surface area is 164 Å². The maximum absolute atomic E-state index is 12.4. The van der Waals surface area contributed by atoms with Crippen molar-refractivity contribution in [2.45, 2.75) is 19.6 Å². The Kier molecular flexibility index (Phi) is 6.01. The molecule has 0 aliphatic carbocycles. The van der Waals surface area contributed by atoms with Gasteiger partial charge in [0.2, 0.25) is 6.79 Å². The molecule has 0 bridgehead atoms. The van der Waals surface area contributed by atoms with Gasteiger partial charge in [-0.05, 0) is 37.3 Å². The van der Waals surface area contributed by atoms with Gasteiger partial charge in [-0.3, -0.25) is 4.79 Å². The van der Waals surface area contributed by atoms with Crippen LogP contribution in [0.4, 0.5) is 14.5 Å². The Hall–Kier alpha value is -3.56. The molecular formula is C19H17F2NO7. The van der Waals surface area contributed by atoms with E-state index >= 15 is 0 Å². The molecule has 1 heterocycles. The van der Waals surface area contributed by atoms with Crippen molar-refractivity contribution < 1.29 is 42.1 Å². The molecule has 0 spiro atoms. The number of halogens is 2. The fraction of sp³-hybridized carbons (Fsp3) is 0.263. The molecule has 0 radical (unpaired) electrons. The highest BCUT2D eigenvalue weighted by molar-refractivity contribution is 5.97. The molecule has 0 saturated heterocycles. The molecule has 29 heavy (non-hydrogen) atoms. The number of rotatable bonds is 7. The molecule has 10 heteroatoms. The van der Waals surface area contributed by atoms with Crippen LogP contribution in [0.5, 0.6) is 23.0 Å². The van der Waals surface area contributed by atoms with E-state index in [0.717, 1.165) is 6.07 Å². The first-order chi connectivity index (χ1) is 13.9. The smallest absolute Gasteiger partial charge is 0.387 e. The summed E-state index contributed by atoms with van der Waals surface area (Å²) in [4.78, 5) is 24.6. The minimum Gasteiger partial charge on any atom is -0.493 e. The molecule has 1 atom stereocenters. The van der Waals surface area contributed by atoms with Gasteiger partial charge in [0, 0.05) is 11.8 Å². The van der Waals surface area contributed by atoms with Crippen LogP contribution >= 0.6 is 0 Å². The molecule has 1 amide bonds. The van der Waals surface area contributed by atoms with Crippen molar-refractivity contribution in [2.24, 2.45) is 0 Å². The molecule has 1 aliphatic rings. The zero-order valence-corrected chi connectivity index (χ0v) is 15.4. The summed E-state index contributed by atoms with van der Waals surface area (Å²) in [7, 11) is 1.24. The third-order valence-corrected chi connectivity index (χ3v) is 3.91. The normalized spacial score (nSPS) is 13.0. The molecule has 3 rings (SSSR count).